The van der Waals surface area contributed by atoms with Crippen molar-refractivity contribution in [2.75, 3.05) is 0 Å². The molecule has 0 spiro atoms. The molecular weight excluding hydrogens is 272 g/mol. The van der Waals surface area contributed by atoms with Gasteiger partial charge in [-0.15, -0.1) is 0 Å². The van der Waals surface area contributed by atoms with E-state index < -0.39 is 5.79 Å². The minimum Gasteiger partial charge on any atom is -0.366 e. The van der Waals surface area contributed by atoms with Gasteiger partial charge in [0.25, 0.3) is 0 Å². The van der Waals surface area contributed by atoms with E-state index in [2.05, 4.69) is 19.1 Å². The van der Waals surface area contributed by atoms with E-state index in [0.717, 1.165) is 12.8 Å². The van der Waals surface area contributed by atoms with Crippen molar-refractivity contribution in [3.05, 3.63) is 12.2 Å². The highest BCUT2D eigenvalue weighted by Crippen LogP contribution is 2.14. The molecule has 132 valence electrons. The predicted octanol–water partition coefficient (Wildman–Crippen LogP) is 6.11. The van der Waals surface area contributed by atoms with Gasteiger partial charge in [-0.05, 0) is 39.0 Å². The van der Waals surface area contributed by atoms with Gasteiger partial charge in [-0.2, -0.15) is 0 Å². The third-order valence-electron chi connectivity index (χ3n) is 4.16. The van der Waals surface area contributed by atoms with Gasteiger partial charge in [0.05, 0.1) is 0 Å². The van der Waals surface area contributed by atoms with Gasteiger partial charge in [0.2, 0.25) is 0 Å². The first-order valence-electron chi connectivity index (χ1n) is 9.66. The molecule has 2 heteroatoms. The van der Waals surface area contributed by atoms with Gasteiger partial charge in [0.15, 0.2) is 5.79 Å². The van der Waals surface area contributed by atoms with Crippen LogP contribution in [0.3, 0.4) is 0 Å². The Morgan fingerprint density at radius 1 is 0.636 bits per heavy atom. The average molecular weight is 313 g/mol. The Balaban J connectivity index is 3.11. The van der Waals surface area contributed by atoms with Gasteiger partial charge < -0.3 is 10.2 Å². The second-order valence-corrected chi connectivity index (χ2v) is 6.90. The van der Waals surface area contributed by atoms with Gasteiger partial charge >= 0.3 is 0 Å². The Hall–Kier alpha value is -0.340. The maximum absolute atomic E-state index is 9.18. The van der Waals surface area contributed by atoms with Crippen molar-refractivity contribution in [2.24, 2.45) is 0 Å². The zero-order valence-corrected chi connectivity index (χ0v) is 15.2. The Labute approximate surface area is 139 Å². The van der Waals surface area contributed by atoms with Crippen molar-refractivity contribution in [3.63, 3.8) is 0 Å². The zero-order valence-electron chi connectivity index (χ0n) is 15.2. The molecule has 0 amide bonds. The number of aliphatic hydroxyl groups is 2. The smallest absolute Gasteiger partial charge is 0.159 e. The number of rotatable bonds is 16. The molecule has 0 saturated heterocycles. The van der Waals surface area contributed by atoms with E-state index in [0.29, 0.717) is 6.42 Å². The standard InChI is InChI=1S/C20H40O2/c1-3-4-5-6-7-8-9-10-11-12-13-14-15-16-17-18-19-20(2,21)22/h10-11,21-22H,3-9,12-19H2,1-2H3. The number of unbranched alkanes of at least 4 members (excludes halogenated alkanes) is 12. The van der Waals surface area contributed by atoms with Crippen LogP contribution < -0.4 is 0 Å². The summed E-state index contributed by atoms with van der Waals surface area (Å²) in [6, 6.07) is 0. The van der Waals surface area contributed by atoms with Crippen molar-refractivity contribution in [3.8, 4) is 0 Å². The minimum atomic E-state index is -1.47. The number of allylic oxidation sites excluding steroid dienone is 2. The van der Waals surface area contributed by atoms with Crippen molar-refractivity contribution < 1.29 is 10.2 Å². The summed E-state index contributed by atoms with van der Waals surface area (Å²) in [6.45, 7) is 3.73. The van der Waals surface area contributed by atoms with Crippen LogP contribution in [0.2, 0.25) is 0 Å². The van der Waals surface area contributed by atoms with Gasteiger partial charge in [-0.1, -0.05) is 76.9 Å². The molecule has 0 aromatic heterocycles. The minimum absolute atomic E-state index is 0.494. The second-order valence-electron chi connectivity index (χ2n) is 6.90. The summed E-state index contributed by atoms with van der Waals surface area (Å²) in [5, 5.41) is 18.4. The molecule has 22 heavy (non-hydrogen) atoms. The molecule has 0 aliphatic heterocycles. The molecule has 0 saturated carbocycles. The largest absolute Gasteiger partial charge is 0.366 e. The van der Waals surface area contributed by atoms with Gasteiger partial charge in [-0.25, -0.2) is 0 Å². The Morgan fingerprint density at radius 2 is 1.05 bits per heavy atom. The molecule has 0 heterocycles. The van der Waals surface area contributed by atoms with Crippen LogP contribution in [0.1, 0.15) is 110 Å². The lowest BCUT2D eigenvalue weighted by molar-refractivity contribution is -0.150. The zero-order chi connectivity index (χ0) is 16.5. The Morgan fingerprint density at radius 3 is 1.50 bits per heavy atom. The Kier molecular flexibility index (Phi) is 15.3. The fourth-order valence-electron chi connectivity index (χ4n) is 2.71. The maximum atomic E-state index is 9.18. The molecule has 0 aliphatic carbocycles. The SMILES string of the molecule is CCCCCCCCC=CCCCCCCCCC(C)(O)O. The summed E-state index contributed by atoms with van der Waals surface area (Å²) >= 11 is 0. The molecule has 0 aromatic carbocycles. The third-order valence-corrected chi connectivity index (χ3v) is 4.16. The Bertz CT molecular complexity index is 241. The summed E-state index contributed by atoms with van der Waals surface area (Å²) in [5.74, 6) is -1.47. The predicted molar refractivity (Wildman–Crippen MR) is 96.9 cm³/mol. The van der Waals surface area contributed by atoms with Crippen molar-refractivity contribution in [2.45, 2.75) is 116 Å². The molecule has 0 rings (SSSR count). The highest BCUT2D eigenvalue weighted by molar-refractivity contribution is 4.81. The fourth-order valence-corrected chi connectivity index (χ4v) is 2.71. The molecule has 0 atom stereocenters. The molecule has 0 aromatic rings. The topological polar surface area (TPSA) is 40.5 Å². The van der Waals surface area contributed by atoms with E-state index in [-0.39, 0.29) is 0 Å². The summed E-state index contributed by atoms with van der Waals surface area (Å²) in [6.07, 6.45) is 23.1. The van der Waals surface area contributed by atoms with Crippen LogP contribution in [0.15, 0.2) is 12.2 Å². The van der Waals surface area contributed by atoms with Crippen LogP contribution in [0.4, 0.5) is 0 Å². The van der Waals surface area contributed by atoms with Gasteiger partial charge in [-0.3, -0.25) is 0 Å². The first kappa shape index (κ1) is 21.7. The number of hydrogen-bond acceptors (Lipinski definition) is 2. The lowest BCUT2D eigenvalue weighted by Crippen LogP contribution is -2.22. The van der Waals surface area contributed by atoms with Crippen LogP contribution >= 0.6 is 0 Å². The molecule has 0 radical (unpaired) electrons. The van der Waals surface area contributed by atoms with Gasteiger partial charge in [0, 0.05) is 6.42 Å². The molecule has 0 fully saturated rings. The fraction of sp³-hybridized carbons (Fsp3) is 0.900. The lowest BCUT2D eigenvalue weighted by atomic mass is 10.1. The maximum Gasteiger partial charge on any atom is 0.159 e. The lowest BCUT2D eigenvalue weighted by Gasteiger charge is -2.14. The normalized spacial score (nSPS) is 12.4. The van der Waals surface area contributed by atoms with E-state index in [4.69, 9.17) is 0 Å². The second kappa shape index (κ2) is 15.6. The molecular formula is C20H40O2. The van der Waals surface area contributed by atoms with Crippen LogP contribution in [0.25, 0.3) is 0 Å². The first-order chi connectivity index (χ1) is 10.6. The quantitative estimate of drug-likeness (QED) is 0.205. The highest BCUT2D eigenvalue weighted by Gasteiger charge is 2.12. The highest BCUT2D eigenvalue weighted by atomic mass is 16.5. The van der Waals surface area contributed by atoms with Crippen molar-refractivity contribution in [1.29, 1.82) is 0 Å². The van der Waals surface area contributed by atoms with E-state index in [1.54, 1.807) is 0 Å². The summed E-state index contributed by atoms with van der Waals surface area (Å²) < 4.78 is 0. The van der Waals surface area contributed by atoms with E-state index in [9.17, 15) is 10.2 Å². The van der Waals surface area contributed by atoms with Crippen LogP contribution in [-0.4, -0.2) is 16.0 Å². The van der Waals surface area contributed by atoms with E-state index >= 15 is 0 Å². The molecule has 0 bridgehead atoms. The van der Waals surface area contributed by atoms with Crippen LogP contribution in [0, 0.1) is 0 Å². The average Bonchev–Trinajstić information content (AvgIpc) is 2.45. The summed E-state index contributed by atoms with van der Waals surface area (Å²) in [7, 11) is 0. The van der Waals surface area contributed by atoms with Crippen LogP contribution in [-0.2, 0) is 0 Å². The van der Waals surface area contributed by atoms with E-state index in [1.165, 1.54) is 84.0 Å². The van der Waals surface area contributed by atoms with Gasteiger partial charge in [0.1, 0.15) is 0 Å². The first-order valence-corrected chi connectivity index (χ1v) is 9.66. The molecule has 2 nitrogen and oxygen atoms in total. The summed E-state index contributed by atoms with van der Waals surface area (Å²) in [4.78, 5) is 0. The van der Waals surface area contributed by atoms with Crippen molar-refractivity contribution in [1.82, 2.24) is 0 Å². The van der Waals surface area contributed by atoms with Crippen LogP contribution in [0.5, 0.6) is 0 Å². The van der Waals surface area contributed by atoms with E-state index in [1.807, 2.05) is 0 Å². The molecule has 2 N–H and O–H groups in total. The monoisotopic (exact) mass is 312 g/mol. The third kappa shape index (κ3) is 19.7. The molecule has 0 aliphatic rings. The van der Waals surface area contributed by atoms with Crippen molar-refractivity contribution >= 4 is 0 Å². The molecule has 0 unspecified atom stereocenters. The number of hydrogen-bond donors (Lipinski definition) is 2. The summed E-state index contributed by atoms with van der Waals surface area (Å²) in [5.41, 5.74) is 0.